The van der Waals surface area contributed by atoms with Crippen LogP contribution in [0.5, 0.6) is 5.75 Å². The van der Waals surface area contributed by atoms with Gasteiger partial charge in [-0.25, -0.2) is 0 Å². The summed E-state index contributed by atoms with van der Waals surface area (Å²) in [5.74, 6) is 1.13. The van der Waals surface area contributed by atoms with Crippen LogP contribution in [0.2, 0.25) is 10.0 Å². The number of nitrogens with one attached hydrogen (secondary N) is 1. The summed E-state index contributed by atoms with van der Waals surface area (Å²) >= 11 is 13.3. The molecule has 0 aliphatic carbocycles. The highest BCUT2D eigenvalue weighted by Crippen LogP contribution is 2.24. The zero-order valence-corrected chi connectivity index (χ0v) is 20.1. The van der Waals surface area contributed by atoms with Crippen molar-refractivity contribution in [1.82, 2.24) is 20.1 Å². The van der Waals surface area contributed by atoms with E-state index in [2.05, 4.69) is 15.5 Å². The van der Waals surface area contributed by atoms with Crippen LogP contribution in [0.4, 0.5) is 0 Å². The molecule has 1 aromatic heterocycles. The summed E-state index contributed by atoms with van der Waals surface area (Å²) in [6, 6.07) is 11.2. The number of nitrogens with zero attached hydrogens (tertiary/aromatic N) is 3. The number of ether oxygens (including phenoxy) is 1. The summed E-state index contributed by atoms with van der Waals surface area (Å²) in [5, 5.41) is 12.7. The first kappa shape index (κ1) is 24.1. The van der Waals surface area contributed by atoms with Crippen LogP contribution in [0.1, 0.15) is 46.4 Å². The second-order valence-electron chi connectivity index (χ2n) is 6.84. The SMILES string of the molecule is CCn1c(SCC(=O)c2ccc(OC)cc2)nnc1[C@H](C)NC(=O)c1ccc(Cl)cc1Cl. The van der Waals surface area contributed by atoms with E-state index in [1.807, 2.05) is 18.4 Å². The molecule has 10 heteroatoms. The smallest absolute Gasteiger partial charge is 0.253 e. The first-order chi connectivity index (χ1) is 15.3. The second kappa shape index (κ2) is 10.8. The van der Waals surface area contributed by atoms with Gasteiger partial charge in [0.05, 0.1) is 29.5 Å². The Labute approximate surface area is 200 Å². The third-order valence-corrected chi connectivity index (χ3v) is 6.23. The Balaban J connectivity index is 1.67. The summed E-state index contributed by atoms with van der Waals surface area (Å²) in [4.78, 5) is 25.1. The number of carbonyl (C=O) groups is 2. The van der Waals surface area contributed by atoms with E-state index in [0.717, 1.165) is 0 Å². The molecule has 0 aliphatic heterocycles. The zero-order valence-electron chi connectivity index (χ0n) is 17.8. The minimum atomic E-state index is -0.423. The molecule has 2 aromatic carbocycles. The van der Waals surface area contributed by atoms with Gasteiger partial charge in [0, 0.05) is 17.1 Å². The number of ketones is 1. The van der Waals surface area contributed by atoms with Gasteiger partial charge in [0.2, 0.25) is 0 Å². The van der Waals surface area contributed by atoms with Crippen molar-refractivity contribution < 1.29 is 14.3 Å². The van der Waals surface area contributed by atoms with Gasteiger partial charge in [-0.1, -0.05) is 35.0 Å². The molecule has 1 heterocycles. The summed E-state index contributed by atoms with van der Waals surface area (Å²) in [6.45, 7) is 4.35. The van der Waals surface area contributed by atoms with Crippen LogP contribution in [-0.4, -0.2) is 39.3 Å². The number of benzene rings is 2. The van der Waals surface area contributed by atoms with Crippen molar-refractivity contribution >= 4 is 46.7 Å². The number of carbonyl (C=O) groups excluding carboxylic acids is 2. The molecule has 32 heavy (non-hydrogen) atoms. The van der Waals surface area contributed by atoms with Crippen LogP contribution in [0, 0.1) is 0 Å². The highest BCUT2D eigenvalue weighted by Gasteiger charge is 2.21. The Bertz CT molecular complexity index is 1120. The van der Waals surface area contributed by atoms with E-state index in [0.29, 0.717) is 39.4 Å². The quantitative estimate of drug-likeness (QED) is 0.331. The number of aromatic nitrogens is 3. The topological polar surface area (TPSA) is 86.1 Å². The van der Waals surface area contributed by atoms with Crippen molar-refractivity contribution in [2.24, 2.45) is 0 Å². The average molecular weight is 493 g/mol. The minimum Gasteiger partial charge on any atom is -0.497 e. The molecule has 0 bridgehead atoms. The number of rotatable bonds is 9. The van der Waals surface area contributed by atoms with Gasteiger partial charge < -0.3 is 14.6 Å². The third-order valence-electron chi connectivity index (χ3n) is 4.72. The molecule has 0 fully saturated rings. The Hall–Kier alpha value is -2.55. The van der Waals surface area contributed by atoms with E-state index in [1.54, 1.807) is 43.5 Å². The maximum absolute atomic E-state index is 12.6. The Kier molecular flexibility index (Phi) is 8.17. The number of amides is 1. The molecule has 0 radical (unpaired) electrons. The number of hydrogen-bond donors (Lipinski definition) is 1. The van der Waals surface area contributed by atoms with Crippen LogP contribution >= 0.6 is 35.0 Å². The maximum Gasteiger partial charge on any atom is 0.253 e. The van der Waals surface area contributed by atoms with Crippen LogP contribution in [0.3, 0.4) is 0 Å². The predicted molar refractivity (Wildman–Crippen MR) is 126 cm³/mol. The molecule has 1 amide bonds. The predicted octanol–water partition coefficient (Wildman–Crippen LogP) is 5.08. The Morgan fingerprint density at radius 2 is 1.88 bits per heavy atom. The van der Waals surface area contributed by atoms with E-state index >= 15 is 0 Å². The van der Waals surface area contributed by atoms with Crippen molar-refractivity contribution in [3.63, 3.8) is 0 Å². The first-order valence-electron chi connectivity index (χ1n) is 9.83. The normalized spacial score (nSPS) is 11.8. The lowest BCUT2D eigenvalue weighted by Crippen LogP contribution is -2.29. The number of hydrogen-bond acceptors (Lipinski definition) is 6. The lowest BCUT2D eigenvalue weighted by Gasteiger charge is -2.15. The second-order valence-corrected chi connectivity index (χ2v) is 8.63. The van der Waals surface area contributed by atoms with Crippen molar-refractivity contribution in [3.05, 3.63) is 69.5 Å². The van der Waals surface area contributed by atoms with Crippen molar-refractivity contribution in [2.45, 2.75) is 31.6 Å². The zero-order chi connectivity index (χ0) is 23.3. The Morgan fingerprint density at radius 1 is 1.16 bits per heavy atom. The number of methoxy groups -OCH3 is 1. The average Bonchev–Trinajstić information content (AvgIpc) is 3.20. The molecule has 3 aromatic rings. The van der Waals surface area contributed by atoms with Crippen molar-refractivity contribution in [3.8, 4) is 5.75 Å². The van der Waals surface area contributed by atoms with E-state index < -0.39 is 6.04 Å². The lowest BCUT2D eigenvalue weighted by molar-refractivity contribution is 0.0937. The summed E-state index contributed by atoms with van der Waals surface area (Å²) < 4.78 is 7.00. The molecule has 1 atom stereocenters. The van der Waals surface area contributed by atoms with Gasteiger partial charge >= 0.3 is 0 Å². The highest BCUT2D eigenvalue weighted by atomic mass is 35.5. The molecule has 0 saturated carbocycles. The molecule has 3 rings (SSSR count). The highest BCUT2D eigenvalue weighted by molar-refractivity contribution is 7.99. The molecule has 1 N–H and O–H groups in total. The monoisotopic (exact) mass is 492 g/mol. The minimum absolute atomic E-state index is 0.0245. The third kappa shape index (κ3) is 5.62. The molecule has 0 unspecified atom stereocenters. The molecular weight excluding hydrogens is 471 g/mol. The molecule has 168 valence electrons. The lowest BCUT2D eigenvalue weighted by atomic mass is 10.1. The standard InChI is InChI=1S/C22H22Cl2N4O3S/c1-4-28-20(13(2)25-21(30)17-10-7-15(23)11-18(17)24)26-27-22(28)32-12-19(29)14-5-8-16(31-3)9-6-14/h5-11,13H,4,12H2,1-3H3,(H,25,30)/t13-/m0/s1. The van der Waals surface area contributed by atoms with Crippen LogP contribution < -0.4 is 10.1 Å². The largest absolute Gasteiger partial charge is 0.497 e. The Morgan fingerprint density at radius 3 is 2.50 bits per heavy atom. The van der Waals surface area contributed by atoms with Crippen LogP contribution in [0.15, 0.2) is 47.6 Å². The molecular formula is C22H22Cl2N4O3S. The van der Waals surface area contributed by atoms with Gasteiger partial charge in [0.1, 0.15) is 5.75 Å². The molecule has 7 nitrogen and oxygen atoms in total. The van der Waals surface area contributed by atoms with Gasteiger partial charge in [-0.15, -0.1) is 10.2 Å². The van der Waals surface area contributed by atoms with E-state index in [1.165, 1.54) is 17.8 Å². The van der Waals surface area contributed by atoms with Gasteiger partial charge in [-0.3, -0.25) is 9.59 Å². The molecule has 0 spiro atoms. The van der Waals surface area contributed by atoms with Crippen LogP contribution in [-0.2, 0) is 6.54 Å². The first-order valence-corrected chi connectivity index (χ1v) is 11.6. The number of Topliss-reactive ketones (excluding diaryl/α,β-unsaturated/α-hetero) is 1. The van der Waals surface area contributed by atoms with E-state index in [-0.39, 0.29) is 22.5 Å². The fourth-order valence-corrected chi connectivity index (χ4v) is 4.43. The van der Waals surface area contributed by atoms with Crippen molar-refractivity contribution in [1.29, 1.82) is 0 Å². The number of halogens is 2. The van der Waals surface area contributed by atoms with E-state index in [9.17, 15) is 9.59 Å². The summed E-state index contributed by atoms with van der Waals surface area (Å²) in [5.41, 5.74) is 0.923. The van der Waals surface area contributed by atoms with Gasteiger partial charge in [-0.2, -0.15) is 0 Å². The van der Waals surface area contributed by atoms with Gasteiger partial charge in [-0.05, 0) is 56.3 Å². The maximum atomic E-state index is 12.6. The molecule has 0 aliphatic rings. The summed E-state index contributed by atoms with van der Waals surface area (Å²) in [6.07, 6.45) is 0. The fraction of sp³-hybridized carbons (Fsp3) is 0.273. The summed E-state index contributed by atoms with van der Waals surface area (Å²) in [7, 11) is 1.58. The van der Waals surface area contributed by atoms with Crippen LogP contribution in [0.25, 0.3) is 0 Å². The number of thioether (sulfide) groups is 1. The van der Waals surface area contributed by atoms with Crippen molar-refractivity contribution in [2.75, 3.05) is 12.9 Å². The van der Waals surface area contributed by atoms with Gasteiger partial charge in [0.25, 0.3) is 5.91 Å². The fourth-order valence-electron chi connectivity index (χ4n) is 3.03. The van der Waals surface area contributed by atoms with Gasteiger partial charge in [0.15, 0.2) is 16.8 Å². The molecule has 0 saturated heterocycles. The van der Waals surface area contributed by atoms with E-state index in [4.69, 9.17) is 27.9 Å².